The van der Waals surface area contributed by atoms with E-state index in [0.717, 1.165) is 10.9 Å². The van der Waals surface area contributed by atoms with Gasteiger partial charge in [-0.2, -0.15) is 4.98 Å². The topological polar surface area (TPSA) is 64.9 Å². The molecule has 5 heteroatoms. The molecule has 0 aliphatic heterocycles. The number of fused-ring (bicyclic) bond motifs is 1. The summed E-state index contributed by atoms with van der Waals surface area (Å²) in [6, 6.07) is 9.91. The van der Waals surface area contributed by atoms with Gasteiger partial charge in [-0.3, -0.25) is 0 Å². The predicted octanol–water partition coefficient (Wildman–Crippen LogP) is 3.05. The van der Waals surface area contributed by atoms with Gasteiger partial charge in [0.25, 0.3) is 0 Å². The van der Waals surface area contributed by atoms with Crippen LogP contribution < -0.4 is 5.73 Å². The van der Waals surface area contributed by atoms with Crippen LogP contribution in [0.4, 0.5) is 4.39 Å². The van der Waals surface area contributed by atoms with Crippen LogP contribution in [0, 0.1) is 5.82 Å². The number of rotatable bonds is 2. The normalized spacial score (nSPS) is 12.8. The van der Waals surface area contributed by atoms with Crippen LogP contribution in [0.15, 0.2) is 40.9 Å². The Bertz CT molecular complexity index is 736. The molecule has 0 aliphatic carbocycles. The Kier molecular flexibility index (Phi) is 2.76. The summed E-state index contributed by atoms with van der Waals surface area (Å²) >= 11 is 0. The Labute approximate surface area is 109 Å². The molecule has 0 unspecified atom stereocenters. The van der Waals surface area contributed by atoms with Crippen LogP contribution in [0.2, 0.25) is 0 Å². The van der Waals surface area contributed by atoms with Gasteiger partial charge >= 0.3 is 0 Å². The van der Waals surface area contributed by atoms with Gasteiger partial charge in [-0.15, -0.1) is 0 Å². The highest BCUT2D eigenvalue weighted by molar-refractivity contribution is 5.95. The third kappa shape index (κ3) is 1.98. The van der Waals surface area contributed by atoms with E-state index < -0.39 is 0 Å². The molecule has 0 radical (unpaired) electrons. The third-order valence-corrected chi connectivity index (χ3v) is 2.94. The van der Waals surface area contributed by atoms with Crippen LogP contribution in [0.3, 0.4) is 0 Å². The Morgan fingerprint density at radius 1 is 1.16 bits per heavy atom. The fourth-order valence-electron chi connectivity index (χ4n) is 1.99. The van der Waals surface area contributed by atoms with E-state index in [1.165, 1.54) is 6.07 Å². The summed E-state index contributed by atoms with van der Waals surface area (Å²) in [4.78, 5) is 4.23. The fraction of sp³-hybridized carbons (Fsp3) is 0.143. The van der Waals surface area contributed by atoms with Gasteiger partial charge in [0.15, 0.2) is 0 Å². The van der Waals surface area contributed by atoms with E-state index in [1.807, 2.05) is 12.1 Å². The summed E-state index contributed by atoms with van der Waals surface area (Å²) in [5, 5.41) is 5.18. The summed E-state index contributed by atoms with van der Waals surface area (Å²) in [6.45, 7) is 1.76. The predicted molar refractivity (Wildman–Crippen MR) is 69.8 cm³/mol. The molecule has 2 N–H and O–H groups in total. The van der Waals surface area contributed by atoms with Crippen molar-refractivity contribution in [3.63, 3.8) is 0 Å². The maximum atomic E-state index is 13.7. The second-order valence-electron chi connectivity index (χ2n) is 4.39. The Morgan fingerprint density at radius 2 is 1.89 bits per heavy atom. The summed E-state index contributed by atoms with van der Waals surface area (Å²) < 4.78 is 18.8. The van der Waals surface area contributed by atoms with E-state index in [9.17, 15) is 4.39 Å². The van der Waals surface area contributed by atoms with Gasteiger partial charge in [-0.1, -0.05) is 29.4 Å². The number of nitrogens with zero attached hydrogens (tertiary/aromatic N) is 2. The SMILES string of the molecule is C[C@@H](N)c1nc(-c2ccc(F)c3ccccc23)no1. The number of hydrogen-bond donors (Lipinski definition) is 1. The highest BCUT2D eigenvalue weighted by Gasteiger charge is 2.14. The zero-order valence-corrected chi connectivity index (χ0v) is 10.3. The molecule has 0 spiro atoms. The van der Waals surface area contributed by atoms with Crippen LogP contribution in [0.25, 0.3) is 22.2 Å². The highest BCUT2D eigenvalue weighted by Crippen LogP contribution is 2.28. The van der Waals surface area contributed by atoms with E-state index in [1.54, 1.807) is 25.1 Å². The summed E-state index contributed by atoms with van der Waals surface area (Å²) in [5.74, 6) is 0.516. The van der Waals surface area contributed by atoms with E-state index in [2.05, 4.69) is 10.1 Å². The number of benzene rings is 2. The summed E-state index contributed by atoms with van der Waals surface area (Å²) in [7, 11) is 0. The van der Waals surface area contributed by atoms with Crippen LogP contribution in [0.5, 0.6) is 0 Å². The van der Waals surface area contributed by atoms with Gasteiger partial charge in [0.1, 0.15) is 5.82 Å². The fourth-order valence-corrected chi connectivity index (χ4v) is 1.99. The number of hydrogen-bond acceptors (Lipinski definition) is 4. The lowest BCUT2D eigenvalue weighted by Gasteiger charge is -2.03. The molecule has 2 aromatic carbocycles. The van der Waals surface area contributed by atoms with Crippen molar-refractivity contribution >= 4 is 10.8 Å². The van der Waals surface area contributed by atoms with Gasteiger partial charge in [-0.05, 0) is 24.4 Å². The highest BCUT2D eigenvalue weighted by atomic mass is 19.1. The van der Waals surface area contributed by atoms with Gasteiger partial charge in [0.05, 0.1) is 6.04 Å². The number of nitrogens with two attached hydrogens (primary N) is 1. The molecule has 0 bridgehead atoms. The summed E-state index contributed by atoms with van der Waals surface area (Å²) in [5.41, 5.74) is 6.41. The largest absolute Gasteiger partial charge is 0.337 e. The van der Waals surface area contributed by atoms with Gasteiger partial charge < -0.3 is 10.3 Å². The molecule has 0 saturated heterocycles. The average molecular weight is 257 g/mol. The van der Waals surface area contributed by atoms with Crippen molar-refractivity contribution < 1.29 is 8.91 Å². The maximum absolute atomic E-state index is 13.7. The lowest BCUT2D eigenvalue weighted by atomic mass is 10.0. The molecule has 0 fully saturated rings. The smallest absolute Gasteiger partial charge is 0.243 e. The van der Waals surface area contributed by atoms with Crippen molar-refractivity contribution in [2.24, 2.45) is 5.73 Å². The van der Waals surface area contributed by atoms with E-state index in [4.69, 9.17) is 10.3 Å². The van der Waals surface area contributed by atoms with Crippen LogP contribution in [-0.2, 0) is 0 Å². The molecule has 3 aromatic rings. The Hall–Kier alpha value is -2.27. The van der Waals surface area contributed by atoms with Crippen molar-refractivity contribution in [1.29, 1.82) is 0 Å². The molecule has 0 saturated carbocycles. The van der Waals surface area contributed by atoms with Crippen molar-refractivity contribution in [3.8, 4) is 11.4 Å². The van der Waals surface area contributed by atoms with Gasteiger partial charge in [0, 0.05) is 10.9 Å². The molecule has 1 aromatic heterocycles. The zero-order chi connectivity index (χ0) is 13.4. The first-order valence-electron chi connectivity index (χ1n) is 5.93. The lowest BCUT2D eigenvalue weighted by Crippen LogP contribution is -2.04. The van der Waals surface area contributed by atoms with Crippen LogP contribution >= 0.6 is 0 Å². The molecule has 4 nitrogen and oxygen atoms in total. The van der Waals surface area contributed by atoms with Crippen LogP contribution in [0.1, 0.15) is 18.9 Å². The first-order valence-corrected chi connectivity index (χ1v) is 5.93. The van der Waals surface area contributed by atoms with E-state index in [0.29, 0.717) is 17.1 Å². The molecule has 1 atom stereocenters. The van der Waals surface area contributed by atoms with Crippen molar-refractivity contribution in [2.45, 2.75) is 13.0 Å². The summed E-state index contributed by atoms with van der Waals surface area (Å²) in [6.07, 6.45) is 0. The monoisotopic (exact) mass is 257 g/mol. The van der Waals surface area contributed by atoms with E-state index >= 15 is 0 Å². The second-order valence-corrected chi connectivity index (χ2v) is 4.39. The van der Waals surface area contributed by atoms with Gasteiger partial charge in [-0.25, -0.2) is 4.39 Å². The minimum Gasteiger partial charge on any atom is -0.337 e. The lowest BCUT2D eigenvalue weighted by molar-refractivity contribution is 0.362. The Balaban J connectivity index is 2.22. The molecule has 96 valence electrons. The minimum atomic E-state index is -0.326. The minimum absolute atomic E-state index is 0.268. The average Bonchev–Trinajstić information content (AvgIpc) is 2.89. The van der Waals surface area contributed by atoms with Crippen molar-refractivity contribution in [3.05, 3.63) is 48.1 Å². The maximum Gasteiger partial charge on any atom is 0.243 e. The third-order valence-electron chi connectivity index (χ3n) is 2.94. The van der Waals surface area contributed by atoms with Crippen LogP contribution in [-0.4, -0.2) is 10.1 Å². The van der Waals surface area contributed by atoms with Gasteiger partial charge in [0.2, 0.25) is 11.7 Å². The molecule has 1 heterocycles. The standard InChI is InChI=1S/C14H12FN3O/c1-8(16)14-17-13(18-19-14)11-6-7-12(15)10-5-3-2-4-9(10)11/h2-8H,16H2,1H3/t8-/m1/s1. The first kappa shape index (κ1) is 11.8. The second kappa shape index (κ2) is 4.44. The molecular weight excluding hydrogens is 245 g/mol. The zero-order valence-electron chi connectivity index (χ0n) is 10.3. The molecule has 19 heavy (non-hydrogen) atoms. The van der Waals surface area contributed by atoms with Crippen molar-refractivity contribution in [1.82, 2.24) is 10.1 Å². The van der Waals surface area contributed by atoms with E-state index in [-0.39, 0.29) is 11.9 Å². The first-order chi connectivity index (χ1) is 9.16. The number of halogens is 1. The molecule has 0 aliphatic rings. The van der Waals surface area contributed by atoms with Crippen molar-refractivity contribution in [2.75, 3.05) is 0 Å². The number of aromatic nitrogens is 2. The molecule has 3 rings (SSSR count). The molecule has 0 amide bonds. The quantitative estimate of drug-likeness (QED) is 0.766. The molecular formula is C14H12FN3O. The Morgan fingerprint density at radius 3 is 2.58 bits per heavy atom.